The van der Waals surface area contributed by atoms with Gasteiger partial charge in [0, 0.05) is 12.2 Å². The summed E-state index contributed by atoms with van der Waals surface area (Å²) in [5.41, 5.74) is 1.24. The fourth-order valence-electron chi connectivity index (χ4n) is 3.29. The zero-order valence-corrected chi connectivity index (χ0v) is 18.1. The Morgan fingerprint density at radius 2 is 1.87 bits per heavy atom. The topological polar surface area (TPSA) is 80.8 Å². The Labute approximate surface area is 177 Å². The quantitative estimate of drug-likeness (QED) is 0.733. The number of anilines is 1. The summed E-state index contributed by atoms with van der Waals surface area (Å²) in [6.45, 7) is 7.78. The normalized spacial score (nSPS) is 18.2. The summed E-state index contributed by atoms with van der Waals surface area (Å²) in [4.78, 5) is 30.7. The first-order chi connectivity index (χ1) is 14.2. The lowest BCUT2D eigenvalue weighted by atomic mass is 9.86. The third-order valence-electron chi connectivity index (χ3n) is 4.97. The van der Waals surface area contributed by atoms with Crippen LogP contribution in [-0.4, -0.2) is 35.7 Å². The molecule has 160 valence electrons. The van der Waals surface area contributed by atoms with E-state index in [1.54, 1.807) is 13.3 Å². The lowest BCUT2D eigenvalue weighted by Crippen LogP contribution is -2.57. The largest absolute Gasteiger partial charge is 0.497 e. The first-order valence-corrected chi connectivity index (χ1v) is 10.0. The van der Waals surface area contributed by atoms with Crippen LogP contribution in [0.25, 0.3) is 0 Å². The number of amides is 2. The highest BCUT2D eigenvalue weighted by atomic mass is 16.6. The van der Waals surface area contributed by atoms with Crippen LogP contribution < -0.4 is 15.0 Å². The number of pyridine rings is 1. The van der Waals surface area contributed by atoms with Gasteiger partial charge in [0.2, 0.25) is 5.91 Å². The van der Waals surface area contributed by atoms with Gasteiger partial charge in [-0.1, -0.05) is 12.1 Å². The first kappa shape index (κ1) is 21.6. The average molecular weight is 412 g/mol. The summed E-state index contributed by atoms with van der Waals surface area (Å²) < 4.78 is 10.8. The molecule has 0 spiro atoms. The van der Waals surface area contributed by atoms with Crippen LogP contribution >= 0.6 is 0 Å². The number of carbonyl (C=O) groups excluding carboxylic acids is 2. The number of rotatable bonds is 6. The highest BCUT2D eigenvalue weighted by Gasteiger charge is 2.35. The Bertz CT molecular complexity index is 905. The second-order valence-corrected chi connectivity index (χ2v) is 8.54. The highest BCUT2D eigenvalue weighted by molar-refractivity contribution is 5.87. The van der Waals surface area contributed by atoms with Crippen molar-refractivity contribution in [2.45, 2.75) is 52.3 Å². The van der Waals surface area contributed by atoms with Gasteiger partial charge in [-0.15, -0.1) is 0 Å². The summed E-state index contributed by atoms with van der Waals surface area (Å²) >= 11 is 0. The zero-order valence-electron chi connectivity index (χ0n) is 18.1. The molecule has 1 N–H and O–H groups in total. The average Bonchev–Trinajstić information content (AvgIpc) is 2.70. The number of β-lactam (4-membered cyclic amide) rings is 1. The van der Waals surface area contributed by atoms with Gasteiger partial charge in [-0.2, -0.15) is 0 Å². The fourth-order valence-corrected chi connectivity index (χ4v) is 3.29. The standard InChI is InChI=1S/C23H29N3O4/c1-15-19(21(27)25-15)12-17-10-11-24-20(13-17)26(22(28)30-23(2,3)4)14-16-6-8-18(29-5)9-7-16/h6-11,13,15,19H,12,14H2,1-5H3,(H,25,27)/t15?,19-/m1/s1. The second-order valence-electron chi connectivity index (χ2n) is 8.54. The molecule has 1 aliphatic heterocycles. The molecular formula is C23H29N3O4. The molecule has 1 saturated heterocycles. The molecule has 1 aromatic carbocycles. The van der Waals surface area contributed by atoms with Crippen LogP contribution in [0.3, 0.4) is 0 Å². The molecule has 3 rings (SSSR count). The minimum atomic E-state index is -0.633. The molecule has 1 unspecified atom stereocenters. The lowest BCUT2D eigenvalue weighted by molar-refractivity contribution is -0.134. The number of methoxy groups -OCH3 is 1. The maximum atomic E-state index is 13.0. The maximum Gasteiger partial charge on any atom is 0.416 e. The number of hydrogen-bond donors (Lipinski definition) is 1. The summed E-state index contributed by atoms with van der Waals surface area (Å²) in [5.74, 6) is 1.24. The number of hydrogen-bond acceptors (Lipinski definition) is 5. The van der Waals surface area contributed by atoms with E-state index in [0.717, 1.165) is 16.9 Å². The van der Waals surface area contributed by atoms with Crippen molar-refractivity contribution >= 4 is 17.8 Å². The highest BCUT2D eigenvalue weighted by Crippen LogP contribution is 2.24. The summed E-state index contributed by atoms with van der Waals surface area (Å²) in [6.07, 6.45) is 1.79. The van der Waals surface area contributed by atoms with Crippen LogP contribution in [-0.2, 0) is 22.5 Å². The molecule has 2 amide bonds. The van der Waals surface area contributed by atoms with Crippen LogP contribution in [0.15, 0.2) is 42.6 Å². The molecule has 1 fully saturated rings. The lowest BCUT2D eigenvalue weighted by Gasteiger charge is -2.34. The Morgan fingerprint density at radius 1 is 1.17 bits per heavy atom. The Balaban J connectivity index is 1.85. The number of aromatic nitrogens is 1. The first-order valence-electron chi connectivity index (χ1n) is 10.0. The molecule has 1 aliphatic rings. The molecule has 1 aromatic heterocycles. The number of ether oxygens (including phenoxy) is 2. The molecule has 7 nitrogen and oxygen atoms in total. The number of nitrogens with one attached hydrogen (secondary N) is 1. The van der Waals surface area contributed by atoms with E-state index in [1.165, 1.54) is 4.90 Å². The van der Waals surface area contributed by atoms with E-state index in [2.05, 4.69) is 10.3 Å². The number of carbonyl (C=O) groups is 2. The second kappa shape index (κ2) is 8.73. The smallest absolute Gasteiger partial charge is 0.416 e. The van der Waals surface area contributed by atoms with Gasteiger partial charge in [0.05, 0.1) is 19.6 Å². The van der Waals surface area contributed by atoms with Gasteiger partial charge in [-0.05, 0) is 69.5 Å². The minimum Gasteiger partial charge on any atom is -0.497 e. The van der Waals surface area contributed by atoms with Crippen LogP contribution in [0.2, 0.25) is 0 Å². The third kappa shape index (κ3) is 5.28. The van der Waals surface area contributed by atoms with Crippen LogP contribution in [0.4, 0.5) is 10.6 Å². The SMILES string of the molecule is COc1ccc(CN(C(=O)OC(C)(C)C)c2cc(C[C@H]3C(=O)NC3C)ccn2)cc1. The molecule has 2 atom stereocenters. The molecule has 30 heavy (non-hydrogen) atoms. The summed E-state index contributed by atoms with van der Waals surface area (Å²) in [6, 6.07) is 11.4. The van der Waals surface area contributed by atoms with Crippen molar-refractivity contribution in [2.75, 3.05) is 12.0 Å². The van der Waals surface area contributed by atoms with Crippen LogP contribution in [0.5, 0.6) is 5.75 Å². The minimum absolute atomic E-state index is 0.0584. The molecule has 0 aliphatic carbocycles. The predicted octanol–water partition coefficient (Wildman–Crippen LogP) is 3.71. The van der Waals surface area contributed by atoms with Crippen LogP contribution in [0, 0.1) is 5.92 Å². The fraction of sp³-hybridized carbons (Fsp3) is 0.435. The predicted molar refractivity (Wildman–Crippen MR) is 114 cm³/mol. The van der Waals surface area contributed by atoms with Crippen molar-refractivity contribution in [1.82, 2.24) is 10.3 Å². The van der Waals surface area contributed by atoms with E-state index in [9.17, 15) is 9.59 Å². The van der Waals surface area contributed by atoms with Crippen molar-refractivity contribution in [1.29, 1.82) is 0 Å². The van der Waals surface area contributed by atoms with Crippen molar-refractivity contribution in [3.63, 3.8) is 0 Å². The van der Waals surface area contributed by atoms with Gasteiger partial charge in [-0.25, -0.2) is 9.78 Å². The molecule has 2 aromatic rings. The summed E-state index contributed by atoms with van der Waals surface area (Å²) in [7, 11) is 1.61. The summed E-state index contributed by atoms with van der Waals surface area (Å²) in [5, 5.41) is 2.85. The monoisotopic (exact) mass is 411 g/mol. The van der Waals surface area contributed by atoms with E-state index in [1.807, 2.05) is 64.1 Å². The Morgan fingerprint density at radius 3 is 2.43 bits per heavy atom. The van der Waals surface area contributed by atoms with Gasteiger partial charge in [-0.3, -0.25) is 9.69 Å². The van der Waals surface area contributed by atoms with E-state index in [-0.39, 0.29) is 17.9 Å². The van der Waals surface area contributed by atoms with E-state index < -0.39 is 11.7 Å². The van der Waals surface area contributed by atoms with Gasteiger partial charge in [0.25, 0.3) is 0 Å². The van der Waals surface area contributed by atoms with Crippen molar-refractivity contribution in [2.24, 2.45) is 5.92 Å². The van der Waals surface area contributed by atoms with Crippen molar-refractivity contribution in [3.05, 3.63) is 53.7 Å². The van der Waals surface area contributed by atoms with Crippen LogP contribution in [0.1, 0.15) is 38.8 Å². The molecular weight excluding hydrogens is 382 g/mol. The Kier molecular flexibility index (Phi) is 6.29. The maximum absolute atomic E-state index is 13.0. The van der Waals surface area contributed by atoms with Crippen molar-refractivity contribution < 1.29 is 19.1 Å². The number of nitrogens with zero attached hydrogens (tertiary/aromatic N) is 2. The molecule has 0 radical (unpaired) electrons. The third-order valence-corrected chi connectivity index (χ3v) is 4.97. The zero-order chi connectivity index (χ0) is 21.9. The van der Waals surface area contributed by atoms with Gasteiger partial charge >= 0.3 is 6.09 Å². The molecule has 0 saturated carbocycles. The molecule has 7 heteroatoms. The molecule has 0 bridgehead atoms. The Hall–Kier alpha value is -3.09. The van der Waals surface area contributed by atoms with E-state index >= 15 is 0 Å². The molecule has 2 heterocycles. The number of benzene rings is 1. The van der Waals surface area contributed by atoms with E-state index in [0.29, 0.717) is 18.8 Å². The van der Waals surface area contributed by atoms with Gasteiger partial charge in [0.15, 0.2) is 0 Å². The van der Waals surface area contributed by atoms with Gasteiger partial charge < -0.3 is 14.8 Å². The van der Waals surface area contributed by atoms with Gasteiger partial charge in [0.1, 0.15) is 17.2 Å². The van der Waals surface area contributed by atoms with Crippen molar-refractivity contribution in [3.8, 4) is 5.75 Å². The van der Waals surface area contributed by atoms with E-state index in [4.69, 9.17) is 9.47 Å².